The van der Waals surface area contributed by atoms with Crippen LogP contribution in [0.2, 0.25) is 0 Å². The Labute approximate surface area is 38.1 Å². The summed E-state index contributed by atoms with van der Waals surface area (Å²) in [5, 5.41) is 0. The molecule has 0 atom stereocenters. The second-order valence-corrected chi connectivity index (χ2v) is 0.175. The average Bonchev–Trinajstić information content (AvgIpc) is 0.918. The van der Waals surface area contributed by atoms with E-state index in [1.807, 2.05) is 0 Å². The van der Waals surface area contributed by atoms with Gasteiger partial charge in [-0.15, -0.1) is 0 Å². The molecule has 0 unspecified atom stereocenters. The fraction of sp³-hybridized carbons (Fsp3) is 0. The van der Waals surface area contributed by atoms with Gasteiger partial charge in [0.2, 0.25) is 0 Å². The molecule has 0 amide bonds. The van der Waals surface area contributed by atoms with E-state index in [4.69, 9.17) is 0 Å². The number of hydrogen-bond donors (Lipinski definition) is 0. The predicted molar refractivity (Wildman–Crippen MR) is 8.05 cm³/mol. The first-order valence-corrected chi connectivity index (χ1v) is 0.617. The Bertz CT molecular complexity index is 8.00. The van der Waals surface area contributed by atoms with Crippen LogP contribution in [-0.4, -0.2) is 0 Å². The summed E-state index contributed by atoms with van der Waals surface area (Å²) < 4.78 is 11.8. The van der Waals surface area contributed by atoms with Crippen molar-refractivity contribution in [2.24, 2.45) is 0 Å². The zero-order valence-corrected chi connectivity index (χ0v) is 3.22. The molecule has 0 rings (SSSR count). The number of hydrogen-bond acceptors (Lipinski definition) is 1. The van der Waals surface area contributed by atoms with Gasteiger partial charge in [0.25, 0.3) is 0 Å². The molecule has 0 aliphatic carbocycles. The predicted octanol–water partition coefficient (Wildman–Crippen LogP) is 1.04. The van der Waals surface area contributed by atoms with Crippen LogP contribution < -0.4 is 0 Å². The minimum Gasteiger partial charge on any atom is -0.0769 e. The molecule has 0 aromatic rings. The van der Waals surface area contributed by atoms with Crippen LogP contribution >= 0.6 is 11.9 Å². The van der Waals surface area contributed by atoms with Crippen molar-refractivity contribution in [3.63, 3.8) is 0 Å². The SMILES string of the molecule is FOCl.[Ni]. The molecule has 1 nitrogen and oxygen atoms in total. The smallest absolute Gasteiger partial charge is 0.0769 e. The van der Waals surface area contributed by atoms with E-state index in [0.29, 0.717) is 0 Å². The van der Waals surface area contributed by atoms with Gasteiger partial charge in [-0.05, 0) is 4.53 Å². The second kappa shape index (κ2) is 9.38. The van der Waals surface area contributed by atoms with Crippen LogP contribution in [0.25, 0.3) is 0 Å². The number of rotatable bonds is 0. The van der Waals surface area contributed by atoms with E-state index in [-0.39, 0.29) is 16.5 Å². The van der Waals surface area contributed by atoms with Crippen molar-refractivity contribution in [1.29, 1.82) is 0 Å². The molecule has 0 aromatic heterocycles. The van der Waals surface area contributed by atoms with Gasteiger partial charge in [-0.2, -0.15) is 0 Å². The summed E-state index contributed by atoms with van der Waals surface area (Å²) in [6.07, 6.45) is 0. The Morgan fingerprint density at radius 2 is 1.75 bits per heavy atom. The van der Waals surface area contributed by atoms with Gasteiger partial charge in [0.15, 0.2) is 0 Å². The van der Waals surface area contributed by atoms with Crippen molar-refractivity contribution < 1.29 is 25.5 Å². The summed E-state index contributed by atoms with van der Waals surface area (Å²) in [5.74, 6) is 0. The molecule has 30 valence electrons. The van der Waals surface area contributed by atoms with Crippen LogP contribution in [0.5, 0.6) is 0 Å². The Morgan fingerprint density at radius 1 is 1.75 bits per heavy atom. The third-order valence-electron chi connectivity index (χ3n) is 0. The first kappa shape index (κ1) is 8.82. The molecular weight excluding hydrogens is 129 g/mol. The summed E-state index contributed by atoms with van der Waals surface area (Å²) in [5.41, 5.74) is 0. The van der Waals surface area contributed by atoms with Crippen LogP contribution in [0, 0.1) is 0 Å². The Balaban J connectivity index is 0. The molecule has 0 aromatic carbocycles. The molecule has 0 bridgehead atoms. The van der Waals surface area contributed by atoms with Crippen LogP contribution in [0.4, 0.5) is 4.53 Å². The van der Waals surface area contributed by atoms with Crippen molar-refractivity contribution in [1.82, 2.24) is 0 Å². The zero-order valence-electron chi connectivity index (χ0n) is 1.48. The van der Waals surface area contributed by atoms with Gasteiger partial charge in [0.1, 0.15) is 11.9 Å². The fourth-order valence-corrected chi connectivity index (χ4v) is 0. The molecule has 0 N–H and O–H groups in total. The van der Waals surface area contributed by atoms with Gasteiger partial charge in [-0.3, -0.25) is 0 Å². The minimum atomic E-state index is 0. The first-order chi connectivity index (χ1) is 1.41. The summed E-state index contributed by atoms with van der Waals surface area (Å²) >= 11 is 3.83. The summed E-state index contributed by atoms with van der Waals surface area (Å²) in [6.45, 7) is 0. The minimum absolute atomic E-state index is 0. The topological polar surface area (TPSA) is 9.23 Å². The van der Waals surface area contributed by atoms with E-state index in [0.717, 1.165) is 0 Å². The number of halogens is 2. The molecule has 0 heterocycles. The maximum atomic E-state index is 9.56. The quantitative estimate of drug-likeness (QED) is 0.444. The third kappa shape index (κ3) is 16.5. The van der Waals surface area contributed by atoms with E-state index in [2.05, 4.69) is 16.4 Å². The summed E-state index contributed by atoms with van der Waals surface area (Å²) in [7, 11) is 0. The molecule has 0 saturated carbocycles. The van der Waals surface area contributed by atoms with Crippen LogP contribution in [0.15, 0.2) is 0 Å². The van der Waals surface area contributed by atoms with Crippen LogP contribution in [0.1, 0.15) is 0 Å². The van der Waals surface area contributed by atoms with Crippen molar-refractivity contribution in [3.05, 3.63) is 0 Å². The largest absolute Gasteiger partial charge is 0.106 e. The molecular formula is ClFNiO. The maximum Gasteiger partial charge on any atom is 0.106 e. The molecule has 4 heavy (non-hydrogen) atoms. The Hall–Kier alpha value is 0.674. The summed E-state index contributed by atoms with van der Waals surface area (Å²) in [4.78, 5) is 0. The maximum absolute atomic E-state index is 9.56. The monoisotopic (exact) mass is 128 g/mol. The Kier molecular flexibility index (Phi) is 20.7. The molecule has 0 fully saturated rings. The van der Waals surface area contributed by atoms with Gasteiger partial charge >= 0.3 is 0 Å². The normalized spacial score (nSPS) is 4.50. The van der Waals surface area contributed by atoms with Crippen LogP contribution in [-0.2, 0) is 21.0 Å². The van der Waals surface area contributed by atoms with Crippen molar-refractivity contribution >= 4 is 11.9 Å². The molecule has 0 aliphatic heterocycles. The van der Waals surface area contributed by atoms with Crippen molar-refractivity contribution in [3.8, 4) is 0 Å². The Morgan fingerprint density at radius 3 is 1.75 bits per heavy atom. The first-order valence-electron chi connectivity index (χ1n) is 0.309. The molecule has 0 radical (unpaired) electrons. The van der Waals surface area contributed by atoms with Gasteiger partial charge in [0, 0.05) is 16.5 Å². The molecule has 0 spiro atoms. The van der Waals surface area contributed by atoms with E-state index in [1.54, 1.807) is 0 Å². The molecule has 0 aliphatic rings. The van der Waals surface area contributed by atoms with E-state index in [9.17, 15) is 4.53 Å². The van der Waals surface area contributed by atoms with Gasteiger partial charge in [0.05, 0.1) is 0 Å². The van der Waals surface area contributed by atoms with Gasteiger partial charge < -0.3 is 0 Å². The standard InChI is InChI=1S/ClFO.Ni/c1-3-2;. The van der Waals surface area contributed by atoms with Crippen molar-refractivity contribution in [2.75, 3.05) is 0 Å². The van der Waals surface area contributed by atoms with Crippen LogP contribution in [0.3, 0.4) is 0 Å². The van der Waals surface area contributed by atoms with Gasteiger partial charge in [-0.1, -0.05) is 4.49 Å². The van der Waals surface area contributed by atoms with E-state index >= 15 is 0 Å². The second-order valence-electron chi connectivity index (χ2n) is 0.0583. The molecule has 4 heteroatoms. The average molecular weight is 129 g/mol. The summed E-state index contributed by atoms with van der Waals surface area (Å²) in [6, 6.07) is 0. The van der Waals surface area contributed by atoms with Crippen molar-refractivity contribution in [2.45, 2.75) is 0 Å². The van der Waals surface area contributed by atoms with E-state index < -0.39 is 0 Å². The van der Waals surface area contributed by atoms with Gasteiger partial charge in [-0.25, -0.2) is 0 Å². The fourth-order valence-electron chi connectivity index (χ4n) is 0. The zero-order chi connectivity index (χ0) is 2.71. The van der Waals surface area contributed by atoms with E-state index in [1.165, 1.54) is 0 Å². The third-order valence-corrected chi connectivity index (χ3v) is 0. The molecule has 0 saturated heterocycles.